The molecule has 0 saturated carbocycles. The predicted molar refractivity (Wildman–Crippen MR) is 75.7 cm³/mol. The normalized spacial score (nSPS) is 13.4. The highest BCUT2D eigenvalue weighted by molar-refractivity contribution is 6.31. The molecule has 0 amide bonds. The summed E-state index contributed by atoms with van der Waals surface area (Å²) in [7, 11) is 0. The van der Waals surface area contributed by atoms with Crippen LogP contribution in [0, 0.1) is 0 Å². The SMILES string of the molecule is NCc1c(Cl)cccc1Oc1ccc2c(n1)CCC2. The Morgan fingerprint density at radius 2 is 2.11 bits per heavy atom. The summed E-state index contributed by atoms with van der Waals surface area (Å²) >= 11 is 6.11. The van der Waals surface area contributed by atoms with Crippen molar-refractivity contribution >= 4 is 11.6 Å². The van der Waals surface area contributed by atoms with Crippen LogP contribution >= 0.6 is 11.6 Å². The Morgan fingerprint density at radius 1 is 1.21 bits per heavy atom. The van der Waals surface area contributed by atoms with Gasteiger partial charge in [-0.15, -0.1) is 0 Å². The molecule has 3 rings (SSSR count). The highest BCUT2D eigenvalue weighted by Gasteiger charge is 2.14. The van der Waals surface area contributed by atoms with Crippen molar-refractivity contribution in [3.63, 3.8) is 0 Å². The maximum atomic E-state index is 6.11. The zero-order chi connectivity index (χ0) is 13.2. The van der Waals surface area contributed by atoms with E-state index in [4.69, 9.17) is 22.1 Å². The Hall–Kier alpha value is -1.58. The second kappa shape index (κ2) is 5.19. The van der Waals surface area contributed by atoms with Crippen LogP contribution in [0.25, 0.3) is 0 Å². The molecule has 1 aromatic heterocycles. The average Bonchev–Trinajstić information content (AvgIpc) is 2.86. The van der Waals surface area contributed by atoms with Crippen molar-refractivity contribution in [2.75, 3.05) is 0 Å². The van der Waals surface area contributed by atoms with E-state index in [1.54, 1.807) is 0 Å². The summed E-state index contributed by atoms with van der Waals surface area (Å²) in [5.74, 6) is 1.29. The number of hydrogen-bond acceptors (Lipinski definition) is 3. The number of halogens is 1. The number of hydrogen-bond donors (Lipinski definition) is 1. The Morgan fingerprint density at radius 3 is 2.95 bits per heavy atom. The maximum absolute atomic E-state index is 6.11. The third-order valence-electron chi connectivity index (χ3n) is 3.40. The number of nitrogens with zero attached hydrogens (tertiary/aromatic N) is 1. The summed E-state index contributed by atoms with van der Waals surface area (Å²) in [6.45, 7) is 0.347. The van der Waals surface area contributed by atoms with Gasteiger partial charge in [-0.1, -0.05) is 23.7 Å². The molecule has 2 aromatic rings. The van der Waals surface area contributed by atoms with Crippen molar-refractivity contribution in [2.45, 2.75) is 25.8 Å². The van der Waals surface area contributed by atoms with Gasteiger partial charge in [0, 0.05) is 28.9 Å². The zero-order valence-electron chi connectivity index (χ0n) is 10.5. The number of ether oxygens (including phenoxy) is 1. The molecule has 1 aliphatic carbocycles. The lowest BCUT2D eigenvalue weighted by Gasteiger charge is -2.11. The van der Waals surface area contributed by atoms with E-state index < -0.39 is 0 Å². The van der Waals surface area contributed by atoms with Crippen LogP contribution in [0.3, 0.4) is 0 Å². The molecule has 3 nitrogen and oxygen atoms in total. The van der Waals surface area contributed by atoms with E-state index in [0.29, 0.717) is 23.2 Å². The minimum Gasteiger partial charge on any atom is -0.439 e. The first-order chi connectivity index (χ1) is 9.28. The quantitative estimate of drug-likeness (QED) is 0.932. The molecule has 0 aliphatic heterocycles. The molecule has 4 heteroatoms. The van der Waals surface area contributed by atoms with E-state index in [1.165, 1.54) is 12.0 Å². The molecule has 0 spiro atoms. The standard InChI is InChI=1S/C15H15ClN2O/c16-12-4-2-6-14(11(12)9-17)19-15-8-7-10-3-1-5-13(10)18-15/h2,4,6-8H,1,3,5,9,17H2. The summed E-state index contributed by atoms with van der Waals surface area (Å²) in [4.78, 5) is 4.55. The van der Waals surface area contributed by atoms with Crippen LogP contribution in [0.5, 0.6) is 11.6 Å². The fraction of sp³-hybridized carbons (Fsp3) is 0.267. The second-order valence-electron chi connectivity index (χ2n) is 4.63. The van der Waals surface area contributed by atoms with Crippen molar-refractivity contribution in [1.29, 1.82) is 0 Å². The Bertz CT molecular complexity index is 613. The fourth-order valence-electron chi connectivity index (χ4n) is 2.40. The lowest BCUT2D eigenvalue weighted by Crippen LogP contribution is -2.01. The van der Waals surface area contributed by atoms with Gasteiger partial charge < -0.3 is 10.5 Å². The molecule has 0 bridgehead atoms. The number of pyridine rings is 1. The molecule has 0 fully saturated rings. The van der Waals surface area contributed by atoms with Crippen LogP contribution in [-0.2, 0) is 19.4 Å². The molecule has 1 heterocycles. The first-order valence-electron chi connectivity index (χ1n) is 6.42. The highest BCUT2D eigenvalue weighted by atomic mass is 35.5. The van der Waals surface area contributed by atoms with Crippen LogP contribution in [0.1, 0.15) is 23.2 Å². The molecule has 2 N–H and O–H groups in total. The van der Waals surface area contributed by atoms with Crippen LogP contribution in [0.4, 0.5) is 0 Å². The first-order valence-corrected chi connectivity index (χ1v) is 6.80. The number of aryl methyl sites for hydroxylation is 2. The van der Waals surface area contributed by atoms with Crippen LogP contribution < -0.4 is 10.5 Å². The molecule has 0 unspecified atom stereocenters. The maximum Gasteiger partial charge on any atom is 0.219 e. The van der Waals surface area contributed by atoms with Crippen molar-refractivity contribution in [3.8, 4) is 11.6 Å². The van der Waals surface area contributed by atoms with Gasteiger partial charge in [0.05, 0.1) is 0 Å². The van der Waals surface area contributed by atoms with E-state index in [0.717, 1.165) is 24.1 Å². The van der Waals surface area contributed by atoms with E-state index in [9.17, 15) is 0 Å². The van der Waals surface area contributed by atoms with Gasteiger partial charge >= 0.3 is 0 Å². The van der Waals surface area contributed by atoms with Gasteiger partial charge in [-0.25, -0.2) is 4.98 Å². The summed E-state index contributed by atoms with van der Waals surface area (Å²) < 4.78 is 5.83. The molecule has 1 aliphatic rings. The van der Waals surface area contributed by atoms with E-state index in [2.05, 4.69) is 11.1 Å². The lowest BCUT2D eigenvalue weighted by molar-refractivity contribution is 0.455. The third-order valence-corrected chi connectivity index (χ3v) is 3.75. The van der Waals surface area contributed by atoms with Crippen molar-refractivity contribution < 1.29 is 4.74 Å². The van der Waals surface area contributed by atoms with Crippen LogP contribution in [0.15, 0.2) is 30.3 Å². The highest BCUT2D eigenvalue weighted by Crippen LogP contribution is 2.30. The van der Waals surface area contributed by atoms with Gasteiger partial charge in [0.15, 0.2) is 0 Å². The lowest BCUT2D eigenvalue weighted by atomic mass is 10.2. The molecule has 0 saturated heterocycles. The van der Waals surface area contributed by atoms with Crippen LogP contribution in [-0.4, -0.2) is 4.98 Å². The van der Waals surface area contributed by atoms with Gasteiger partial charge in [-0.2, -0.15) is 0 Å². The number of fused-ring (bicyclic) bond motifs is 1. The summed E-state index contributed by atoms with van der Waals surface area (Å²) in [6, 6.07) is 9.53. The zero-order valence-corrected chi connectivity index (χ0v) is 11.3. The minimum atomic E-state index is 0.347. The summed E-state index contributed by atoms with van der Waals surface area (Å²) in [5, 5.41) is 0.626. The fourth-order valence-corrected chi connectivity index (χ4v) is 2.65. The Kier molecular flexibility index (Phi) is 3.40. The van der Waals surface area contributed by atoms with Crippen LogP contribution in [0.2, 0.25) is 5.02 Å². The van der Waals surface area contributed by atoms with Crippen molar-refractivity contribution in [3.05, 3.63) is 52.2 Å². The average molecular weight is 275 g/mol. The topological polar surface area (TPSA) is 48.1 Å². The molecular weight excluding hydrogens is 260 g/mol. The minimum absolute atomic E-state index is 0.347. The molecular formula is C15H15ClN2O. The monoisotopic (exact) mass is 274 g/mol. The van der Waals surface area contributed by atoms with Gasteiger partial charge in [0.25, 0.3) is 0 Å². The molecule has 19 heavy (non-hydrogen) atoms. The molecule has 1 aromatic carbocycles. The van der Waals surface area contributed by atoms with E-state index in [-0.39, 0.29) is 0 Å². The van der Waals surface area contributed by atoms with Gasteiger partial charge in [0.2, 0.25) is 5.88 Å². The third kappa shape index (κ3) is 2.44. The predicted octanol–water partition coefficient (Wildman–Crippen LogP) is 3.47. The molecule has 0 atom stereocenters. The summed E-state index contributed by atoms with van der Waals surface area (Å²) in [6.07, 6.45) is 3.33. The Labute approximate surface area is 117 Å². The number of aromatic nitrogens is 1. The largest absolute Gasteiger partial charge is 0.439 e. The van der Waals surface area contributed by atoms with Gasteiger partial charge in [-0.3, -0.25) is 0 Å². The van der Waals surface area contributed by atoms with E-state index in [1.807, 2.05) is 24.3 Å². The molecule has 0 radical (unpaired) electrons. The Balaban J connectivity index is 1.91. The molecule has 98 valence electrons. The van der Waals surface area contributed by atoms with Crippen molar-refractivity contribution in [2.24, 2.45) is 5.73 Å². The smallest absolute Gasteiger partial charge is 0.219 e. The summed E-state index contributed by atoms with van der Waals surface area (Å²) in [5.41, 5.74) is 9.00. The van der Waals surface area contributed by atoms with E-state index >= 15 is 0 Å². The van der Waals surface area contributed by atoms with Gasteiger partial charge in [0.1, 0.15) is 5.75 Å². The first kappa shape index (κ1) is 12.5. The van der Waals surface area contributed by atoms with Crippen molar-refractivity contribution in [1.82, 2.24) is 4.98 Å². The second-order valence-corrected chi connectivity index (χ2v) is 5.04. The van der Waals surface area contributed by atoms with Gasteiger partial charge in [-0.05, 0) is 37.0 Å². The number of nitrogens with two attached hydrogens (primary N) is 1. The number of rotatable bonds is 3. The number of benzene rings is 1.